The van der Waals surface area contributed by atoms with E-state index >= 15 is 0 Å². The minimum absolute atomic E-state index is 0.0592. The van der Waals surface area contributed by atoms with Gasteiger partial charge in [-0.3, -0.25) is 0 Å². The van der Waals surface area contributed by atoms with Crippen LogP contribution in [0.4, 0.5) is 26.3 Å². The Labute approximate surface area is 184 Å². The van der Waals surface area contributed by atoms with Gasteiger partial charge in [-0.15, -0.1) is 0 Å². The molecular weight excluding hydrogens is 430 g/mol. The monoisotopic (exact) mass is 456 g/mol. The van der Waals surface area contributed by atoms with Crippen LogP contribution in [0.5, 0.6) is 0 Å². The van der Waals surface area contributed by atoms with E-state index in [0.29, 0.717) is 6.42 Å². The fraction of sp³-hybridized carbons (Fsp3) is 0.440. The number of rotatable bonds is 8. The van der Waals surface area contributed by atoms with E-state index in [0.717, 1.165) is 43.4 Å². The number of alkyl halides is 2. The van der Waals surface area contributed by atoms with Crippen LogP contribution in [0.3, 0.4) is 0 Å². The third-order valence-electron chi connectivity index (χ3n) is 5.86. The highest BCUT2D eigenvalue weighted by Gasteiger charge is 2.24. The number of benzene rings is 2. The normalized spacial score (nSPS) is 19.9. The lowest BCUT2D eigenvalue weighted by atomic mass is 9.82. The summed E-state index contributed by atoms with van der Waals surface area (Å²) < 4.78 is 86.2. The van der Waals surface area contributed by atoms with Crippen molar-refractivity contribution in [3.8, 4) is 0 Å². The summed E-state index contributed by atoms with van der Waals surface area (Å²) in [5.74, 6) is -3.83. The lowest BCUT2D eigenvalue weighted by Crippen LogP contribution is -2.20. The molecule has 0 atom stereocenters. The Morgan fingerprint density at radius 2 is 1.56 bits per heavy atom. The average molecular weight is 456 g/mol. The first kappa shape index (κ1) is 24.4. The molecule has 0 N–H and O–H groups in total. The summed E-state index contributed by atoms with van der Waals surface area (Å²) in [6.45, 7) is 1.73. The Bertz CT molecular complexity index is 907. The predicted octanol–water partition coefficient (Wildman–Crippen LogP) is 8.55. The van der Waals surface area contributed by atoms with Crippen molar-refractivity contribution in [1.29, 1.82) is 0 Å². The summed E-state index contributed by atoms with van der Waals surface area (Å²) in [6.07, 6.45) is 0.393. The van der Waals surface area contributed by atoms with Gasteiger partial charge in [-0.1, -0.05) is 31.2 Å². The van der Waals surface area contributed by atoms with Gasteiger partial charge in [0.1, 0.15) is 17.5 Å². The van der Waals surface area contributed by atoms with Gasteiger partial charge in [0.05, 0.1) is 18.3 Å². The van der Waals surface area contributed by atoms with Crippen molar-refractivity contribution in [3.05, 3.63) is 76.1 Å². The maximum Gasteiger partial charge on any atom is 0.269 e. The zero-order chi connectivity index (χ0) is 23.3. The Morgan fingerprint density at radius 1 is 0.969 bits per heavy atom. The Kier molecular flexibility index (Phi) is 8.40. The Morgan fingerprint density at radius 3 is 2.09 bits per heavy atom. The molecular formula is C25H26F6O. The van der Waals surface area contributed by atoms with Gasteiger partial charge >= 0.3 is 0 Å². The zero-order valence-electron chi connectivity index (χ0n) is 17.8. The van der Waals surface area contributed by atoms with Crippen molar-refractivity contribution >= 4 is 5.83 Å². The molecule has 1 saturated carbocycles. The molecule has 3 rings (SSSR count). The molecule has 2 aromatic rings. The zero-order valence-corrected chi connectivity index (χ0v) is 17.8. The average Bonchev–Trinajstić information content (AvgIpc) is 2.77. The number of halogens is 6. The molecule has 0 amide bonds. The number of ether oxygens (including phenoxy) is 1. The van der Waals surface area contributed by atoms with Crippen LogP contribution in [0.1, 0.15) is 80.0 Å². The molecule has 0 aromatic heterocycles. The van der Waals surface area contributed by atoms with Crippen molar-refractivity contribution in [2.75, 3.05) is 0 Å². The van der Waals surface area contributed by atoms with Gasteiger partial charge in [0.25, 0.3) is 6.43 Å². The second-order valence-electron chi connectivity index (χ2n) is 8.15. The van der Waals surface area contributed by atoms with Crippen LogP contribution in [-0.4, -0.2) is 6.10 Å². The van der Waals surface area contributed by atoms with Crippen molar-refractivity contribution in [2.24, 2.45) is 0 Å². The van der Waals surface area contributed by atoms with Crippen LogP contribution in [-0.2, 0) is 11.3 Å². The molecule has 32 heavy (non-hydrogen) atoms. The van der Waals surface area contributed by atoms with E-state index in [9.17, 15) is 26.3 Å². The summed E-state index contributed by atoms with van der Waals surface area (Å²) in [7, 11) is 0. The summed E-state index contributed by atoms with van der Waals surface area (Å²) in [5.41, 5.74) is 0.230. The largest absolute Gasteiger partial charge is 0.374 e. The molecule has 0 unspecified atom stereocenters. The first-order valence-corrected chi connectivity index (χ1v) is 10.8. The molecule has 0 heterocycles. The van der Waals surface area contributed by atoms with Gasteiger partial charge in [-0.2, -0.15) is 0 Å². The van der Waals surface area contributed by atoms with Crippen molar-refractivity contribution in [2.45, 2.75) is 70.5 Å². The van der Waals surface area contributed by atoms with E-state index in [4.69, 9.17) is 4.74 Å². The minimum atomic E-state index is -3.21. The van der Waals surface area contributed by atoms with Gasteiger partial charge in [-0.25, -0.2) is 26.3 Å². The third-order valence-corrected chi connectivity index (χ3v) is 5.86. The molecule has 7 heteroatoms. The highest BCUT2D eigenvalue weighted by molar-refractivity contribution is 5.61. The van der Waals surface area contributed by atoms with Crippen LogP contribution >= 0.6 is 0 Å². The molecule has 2 aromatic carbocycles. The van der Waals surface area contributed by atoms with Gasteiger partial charge in [0.2, 0.25) is 0 Å². The molecule has 1 aliphatic rings. The maximum absolute atomic E-state index is 14.1. The van der Waals surface area contributed by atoms with Gasteiger partial charge < -0.3 is 4.74 Å². The van der Waals surface area contributed by atoms with E-state index < -0.39 is 35.3 Å². The predicted molar refractivity (Wildman–Crippen MR) is 112 cm³/mol. The maximum atomic E-state index is 14.1. The lowest BCUT2D eigenvalue weighted by Gasteiger charge is -2.29. The summed E-state index contributed by atoms with van der Waals surface area (Å²) >= 11 is 0. The summed E-state index contributed by atoms with van der Waals surface area (Å²) in [5, 5.41) is 0. The highest BCUT2D eigenvalue weighted by atomic mass is 19.3. The molecule has 1 nitrogen and oxygen atoms in total. The standard InChI is InChI=1S/C25H26F6O/c1-2-3-20(26)24(29)18-6-4-16(5-7-18)17-8-10-19(11-9-17)32-14-15-12-21(27)23(25(30)31)22(28)13-15/h4-7,12-13,17,19,25H,2-3,8-11,14H2,1H3. The topological polar surface area (TPSA) is 9.23 Å². The lowest BCUT2D eigenvalue weighted by molar-refractivity contribution is 0.0130. The molecule has 0 aliphatic heterocycles. The van der Waals surface area contributed by atoms with Crippen LogP contribution in [0.25, 0.3) is 5.83 Å². The number of hydrogen-bond donors (Lipinski definition) is 0. The summed E-state index contributed by atoms with van der Waals surface area (Å²) in [4.78, 5) is 0. The van der Waals surface area contributed by atoms with E-state index in [1.807, 2.05) is 12.1 Å². The molecule has 0 radical (unpaired) electrons. The summed E-state index contributed by atoms with van der Waals surface area (Å²) in [6, 6.07) is 8.58. The van der Waals surface area contributed by atoms with E-state index in [2.05, 4.69) is 0 Å². The molecule has 0 bridgehead atoms. The van der Waals surface area contributed by atoms with Crippen molar-refractivity contribution < 1.29 is 31.1 Å². The quantitative estimate of drug-likeness (QED) is 0.362. The first-order chi connectivity index (χ1) is 15.3. The van der Waals surface area contributed by atoms with E-state index in [1.165, 1.54) is 0 Å². The van der Waals surface area contributed by atoms with Crippen LogP contribution in [0, 0.1) is 11.6 Å². The van der Waals surface area contributed by atoms with Gasteiger partial charge in [0.15, 0.2) is 5.83 Å². The van der Waals surface area contributed by atoms with E-state index in [1.54, 1.807) is 19.1 Å². The van der Waals surface area contributed by atoms with Crippen molar-refractivity contribution in [3.63, 3.8) is 0 Å². The highest BCUT2D eigenvalue weighted by Crippen LogP contribution is 2.35. The number of hydrogen-bond acceptors (Lipinski definition) is 1. The van der Waals surface area contributed by atoms with Gasteiger partial charge in [-0.05, 0) is 61.3 Å². The second-order valence-corrected chi connectivity index (χ2v) is 8.15. The van der Waals surface area contributed by atoms with Crippen LogP contribution in [0.15, 0.2) is 42.2 Å². The fourth-order valence-corrected chi connectivity index (χ4v) is 4.09. The van der Waals surface area contributed by atoms with E-state index in [-0.39, 0.29) is 36.2 Å². The van der Waals surface area contributed by atoms with Crippen molar-refractivity contribution in [1.82, 2.24) is 0 Å². The van der Waals surface area contributed by atoms with Gasteiger partial charge in [0, 0.05) is 12.0 Å². The first-order valence-electron chi connectivity index (χ1n) is 10.8. The van der Waals surface area contributed by atoms with Crippen LogP contribution in [0.2, 0.25) is 0 Å². The second kappa shape index (κ2) is 11.0. The number of allylic oxidation sites excluding steroid dienone is 1. The molecule has 0 saturated heterocycles. The fourth-order valence-electron chi connectivity index (χ4n) is 4.09. The third kappa shape index (κ3) is 5.94. The van der Waals surface area contributed by atoms with Crippen LogP contribution < -0.4 is 0 Å². The Hall–Kier alpha value is -2.28. The molecule has 174 valence electrons. The smallest absolute Gasteiger partial charge is 0.269 e. The SMILES string of the molecule is CCCC(F)=C(F)c1ccc(C2CCC(OCc3cc(F)c(C(F)F)c(F)c3)CC2)cc1. The Balaban J connectivity index is 1.53. The molecule has 1 aliphatic carbocycles. The molecule has 0 spiro atoms. The molecule has 1 fully saturated rings. The minimum Gasteiger partial charge on any atom is -0.374 e.